The van der Waals surface area contributed by atoms with Gasteiger partial charge in [-0.1, -0.05) is 11.6 Å². The van der Waals surface area contributed by atoms with Crippen molar-refractivity contribution in [1.29, 1.82) is 0 Å². The van der Waals surface area contributed by atoms with E-state index in [-0.39, 0.29) is 17.5 Å². The van der Waals surface area contributed by atoms with Crippen molar-refractivity contribution in [1.82, 2.24) is 10.4 Å². The molecule has 2 rings (SSSR count). The molecule has 0 aromatic heterocycles. The standard InChI is InChI=1S/C12H14ClFN2O3/c13-10-7-9(1-2-11(10)14)19-8-12(17)15-16-3-5-18-6-4-16/h1-2,7H,3-6,8H2,(H,15,17). The van der Waals surface area contributed by atoms with Gasteiger partial charge in [-0.3, -0.25) is 10.2 Å². The quantitative estimate of drug-likeness (QED) is 0.905. The van der Waals surface area contributed by atoms with E-state index < -0.39 is 5.82 Å². The molecule has 1 aromatic carbocycles. The van der Waals surface area contributed by atoms with Crippen LogP contribution in [0.25, 0.3) is 0 Å². The fraction of sp³-hybridized carbons (Fsp3) is 0.417. The minimum absolute atomic E-state index is 0.0360. The molecule has 7 heteroatoms. The lowest BCUT2D eigenvalue weighted by molar-refractivity contribution is -0.130. The van der Waals surface area contributed by atoms with E-state index in [0.717, 1.165) is 0 Å². The summed E-state index contributed by atoms with van der Waals surface area (Å²) in [5.74, 6) is -0.447. The van der Waals surface area contributed by atoms with E-state index in [4.69, 9.17) is 21.1 Å². The SMILES string of the molecule is O=C(COc1ccc(F)c(Cl)c1)NN1CCOCC1. The number of nitrogens with zero attached hydrogens (tertiary/aromatic N) is 1. The maximum absolute atomic E-state index is 12.9. The van der Waals surface area contributed by atoms with Gasteiger partial charge in [0, 0.05) is 19.2 Å². The Morgan fingerprint density at radius 2 is 2.21 bits per heavy atom. The minimum Gasteiger partial charge on any atom is -0.484 e. The fourth-order valence-electron chi connectivity index (χ4n) is 1.60. The van der Waals surface area contributed by atoms with Crippen LogP contribution in [0.4, 0.5) is 4.39 Å². The third-order valence-electron chi connectivity index (χ3n) is 2.55. The average Bonchev–Trinajstić information content (AvgIpc) is 2.41. The molecule has 1 aliphatic rings. The van der Waals surface area contributed by atoms with Crippen molar-refractivity contribution >= 4 is 17.5 Å². The number of ether oxygens (including phenoxy) is 2. The van der Waals surface area contributed by atoms with Crippen LogP contribution in [0.15, 0.2) is 18.2 Å². The second kappa shape index (κ2) is 6.70. The summed E-state index contributed by atoms with van der Waals surface area (Å²) >= 11 is 5.61. The van der Waals surface area contributed by atoms with Crippen LogP contribution in [-0.4, -0.2) is 43.8 Å². The van der Waals surface area contributed by atoms with Crippen molar-refractivity contribution in [2.75, 3.05) is 32.9 Å². The number of morpholine rings is 1. The summed E-state index contributed by atoms with van der Waals surface area (Å²) in [7, 11) is 0. The lowest BCUT2D eigenvalue weighted by atomic mass is 10.3. The molecule has 1 N–H and O–H groups in total. The van der Waals surface area contributed by atoms with Crippen molar-refractivity contribution in [3.63, 3.8) is 0 Å². The number of halogens is 2. The molecule has 1 aromatic rings. The highest BCUT2D eigenvalue weighted by atomic mass is 35.5. The zero-order valence-electron chi connectivity index (χ0n) is 10.2. The van der Waals surface area contributed by atoms with Gasteiger partial charge >= 0.3 is 0 Å². The molecule has 5 nitrogen and oxygen atoms in total. The summed E-state index contributed by atoms with van der Waals surface area (Å²) in [5, 5.41) is 1.73. The van der Waals surface area contributed by atoms with Crippen molar-refractivity contribution in [2.45, 2.75) is 0 Å². The van der Waals surface area contributed by atoms with E-state index in [9.17, 15) is 9.18 Å². The Kier molecular flexibility index (Phi) is 4.95. The molecule has 0 bridgehead atoms. The van der Waals surface area contributed by atoms with Crippen molar-refractivity contribution < 1.29 is 18.7 Å². The first-order valence-electron chi connectivity index (χ1n) is 5.85. The number of rotatable bonds is 4. The molecular weight excluding hydrogens is 275 g/mol. The van der Waals surface area contributed by atoms with Gasteiger partial charge in [0.25, 0.3) is 5.91 Å². The summed E-state index contributed by atoms with van der Waals surface area (Å²) < 4.78 is 23.3. The van der Waals surface area contributed by atoms with Crippen LogP contribution >= 0.6 is 11.6 Å². The van der Waals surface area contributed by atoms with Crippen LogP contribution in [0.2, 0.25) is 5.02 Å². The Morgan fingerprint density at radius 1 is 1.47 bits per heavy atom. The van der Waals surface area contributed by atoms with Gasteiger partial charge in [-0.15, -0.1) is 0 Å². The Morgan fingerprint density at radius 3 is 2.89 bits per heavy atom. The van der Waals surface area contributed by atoms with Gasteiger partial charge in [-0.25, -0.2) is 9.40 Å². The molecule has 0 radical (unpaired) electrons. The summed E-state index contributed by atoms with van der Waals surface area (Å²) in [6.07, 6.45) is 0. The van der Waals surface area contributed by atoms with Gasteiger partial charge in [0.05, 0.1) is 18.2 Å². The largest absolute Gasteiger partial charge is 0.484 e. The molecule has 0 atom stereocenters. The number of nitrogens with one attached hydrogen (secondary N) is 1. The minimum atomic E-state index is -0.521. The van der Waals surface area contributed by atoms with Gasteiger partial charge < -0.3 is 9.47 Å². The fourth-order valence-corrected chi connectivity index (χ4v) is 1.77. The zero-order valence-corrected chi connectivity index (χ0v) is 11.0. The summed E-state index contributed by atoms with van der Waals surface area (Å²) in [5.41, 5.74) is 2.70. The van der Waals surface area contributed by atoms with E-state index in [1.165, 1.54) is 18.2 Å². The van der Waals surface area contributed by atoms with E-state index in [1.807, 2.05) is 0 Å². The number of carbonyl (C=O) groups excluding carboxylic acids is 1. The lowest BCUT2D eigenvalue weighted by Gasteiger charge is -2.26. The smallest absolute Gasteiger partial charge is 0.272 e. The summed E-state index contributed by atoms with van der Waals surface area (Å²) in [6, 6.07) is 3.94. The Labute approximate surface area is 115 Å². The molecule has 19 heavy (non-hydrogen) atoms. The normalized spacial score (nSPS) is 16.1. The summed E-state index contributed by atoms with van der Waals surface area (Å²) in [4.78, 5) is 11.6. The van der Waals surface area contributed by atoms with Crippen LogP contribution in [0, 0.1) is 5.82 Å². The molecule has 1 amide bonds. The van der Waals surface area contributed by atoms with Crippen LogP contribution in [-0.2, 0) is 9.53 Å². The van der Waals surface area contributed by atoms with Crippen LogP contribution in [0.3, 0.4) is 0 Å². The van der Waals surface area contributed by atoms with Crippen molar-refractivity contribution in [3.8, 4) is 5.75 Å². The number of benzene rings is 1. The third kappa shape index (κ3) is 4.34. The molecule has 104 valence electrons. The number of amides is 1. The molecule has 1 saturated heterocycles. The molecule has 0 saturated carbocycles. The second-order valence-corrected chi connectivity index (χ2v) is 4.41. The van der Waals surface area contributed by atoms with Gasteiger partial charge in [0.1, 0.15) is 11.6 Å². The molecule has 0 unspecified atom stereocenters. The molecule has 1 fully saturated rings. The maximum Gasteiger partial charge on any atom is 0.272 e. The Balaban J connectivity index is 1.77. The Bertz CT molecular complexity index is 453. The molecule has 0 spiro atoms. The van der Waals surface area contributed by atoms with Crippen LogP contribution in [0.5, 0.6) is 5.75 Å². The molecule has 0 aliphatic carbocycles. The predicted molar refractivity (Wildman–Crippen MR) is 67.4 cm³/mol. The number of hydrogen-bond donors (Lipinski definition) is 1. The zero-order chi connectivity index (χ0) is 13.7. The predicted octanol–water partition coefficient (Wildman–Crippen LogP) is 1.22. The molecule has 1 aliphatic heterocycles. The monoisotopic (exact) mass is 288 g/mol. The Hall–Kier alpha value is -1.37. The first kappa shape index (κ1) is 14.0. The van der Waals surface area contributed by atoms with Gasteiger partial charge in [-0.2, -0.15) is 0 Å². The first-order valence-corrected chi connectivity index (χ1v) is 6.23. The first-order chi connectivity index (χ1) is 9.15. The topological polar surface area (TPSA) is 50.8 Å². The van der Waals surface area contributed by atoms with E-state index in [2.05, 4.69) is 5.43 Å². The van der Waals surface area contributed by atoms with Gasteiger partial charge in [-0.05, 0) is 12.1 Å². The van der Waals surface area contributed by atoms with Gasteiger partial charge in [0.2, 0.25) is 0 Å². The highest BCUT2D eigenvalue weighted by Gasteiger charge is 2.13. The lowest BCUT2D eigenvalue weighted by Crippen LogP contribution is -2.49. The van der Waals surface area contributed by atoms with Gasteiger partial charge in [0.15, 0.2) is 6.61 Å². The van der Waals surface area contributed by atoms with E-state index in [1.54, 1.807) is 5.01 Å². The average molecular weight is 289 g/mol. The molecule has 1 heterocycles. The van der Waals surface area contributed by atoms with Crippen LogP contribution in [0.1, 0.15) is 0 Å². The van der Waals surface area contributed by atoms with Crippen molar-refractivity contribution in [2.24, 2.45) is 0 Å². The van der Waals surface area contributed by atoms with Crippen LogP contribution < -0.4 is 10.2 Å². The van der Waals surface area contributed by atoms with Crippen molar-refractivity contribution in [3.05, 3.63) is 29.0 Å². The van der Waals surface area contributed by atoms with E-state index in [0.29, 0.717) is 32.1 Å². The third-order valence-corrected chi connectivity index (χ3v) is 2.84. The highest BCUT2D eigenvalue weighted by Crippen LogP contribution is 2.20. The number of hydrazine groups is 1. The van der Waals surface area contributed by atoms with E-state index >= 15 is 0 Å². The second-order valence-electron chi connectivity index (χ2n) is 4.00. The summed E-state index contributed by atoms with van der Waals surface area (Å²) in [6.45, 7) is 2.32. The number of carbonyl (C=O) groups is 1. The highest BCUT2D eigenvalue weighted by molar-refractivity contribution is 6.30. The number of hydrogen-bond acceptors (Lipinski definition) is 4. The maximum atomic E-state index is 12.9. The molecular formula is C12H14ClFN2O3.